The zero-order chi connectivity index (χ0) is 19.1. The number of rotatable bonds is 6. The maximum atomic E-state index is 13.0. The first kappa shape index (κ1) is 19.6. The Bertz CT molecular complexity index is 750. The van der Waals surface area contributed by atoms with Crippen molar-refractivity contribution in [3.8, 4) is 11.5 Å². The molecule has 4 nitrogen and oxygen atoms in total. The van der Waals surface area contributed by atoms with Crippen molar-refractivity contribution in [2.24, 2.45) is 0 Å². The Morgan fingerprint density at radius 1 is 1.04 bits per heavy atom. The number of carbonyl (C=O) groups excluding carboxylic acids is 1. The molecule has 1 atom stereocenters. The number of thioether (sulfide) groups is 1. The summed E-state index contributed by atoms with van der Waals surface area (Å²) in [5.41, 5.74) is 2.00. The van der Waals surface area contributed by atoms with Crippen molar-refractivity contribution in [3.63, 3.8) is 0 Å². The lowest BCUT2D eigenvalue weighted by Gasteiger charge is -2.21. The highest BCUT2D eigenvalue weighted by atomic mass is 32.2. The van der Waals surface area contributed by atoms with E-state index in [1.165, 1.54) is 5.56 Å². The predicted octanol–water partition coefficient (Wildman–Crippen LogP) is 4.80. The number of carbonyl (C=O) groups is 1. The Kier molecular flexibility index (Phi) is 7.04. The molecule has 144 valence electrons. The first-order valence-electron chi connectivity index (χ1n) is 9.58. The molecule has 1 unspecified atom stereocenters. The van der Waals surface area contributed by atoms with E-state index >= 15 is 0 Å². The van der Waals surface area contributed by atoms with Crippen LogP contribution in [-0.4, -0.2) is 42.9 Å². The number of benzene rings is 2. The average Bonchev–Trinajstić information content (AvgIpc) is 2.96. The molecular weight excluding hydrogens is 358 g/mol. The molecule has 0 radical (unpaired) electrons. The Morgan fingerprint density at radius 3 is 2.52 bits per heavy atom. The molecule has 2 aromatic carbocycles. The van der Waals surface area contributed by atoms with Crippen molar-refractivity contribution in [1.29, 1.82) is 0 Å². The molecule has 27 heavy (non-hydrogen) atoms. The van der Waals surface area contributed by atoms with Gasteiger partial charge in [0.05, 0.1) is 13.2 Å². The van der Waals surface area contributed by atoms with Gasteiger partial charge >= 0.3 is 0 Å². The van der Waals surface area contributed by atoms with Gasteiger partial charge in [-0.3, -0.25) is 4.79 Å². The smallest absolute Gasteiger partial charge is 0.254 e. The molecule has 5 heteroatoms. The molecule has 0 saturated carbocycles. The topological polar surface area (TPSA) is 38.8 Å². The molecular formula is C22H27NO3S. The second-order valence-electron chi connectivity index (χ2n) is 6.38. The SMILES string of the molecule is CCOc1ccc(C(=O)N2CCSC(c3ccccc3)CC2)cc1OCC. The van der Waals surface area contributed by atoms with Gasteiger partial charge in [0.2, 0.25) is 0 Å². The van der Waals surface area contributed by atoms with E-state index in [9.17, 15) is 4.79 Å². The molecule has 1 saturated heterocycles. The highest BCUT2D eigenvalue weighted by Crippen LogP contribution is 2.35. The van der Waals surface area contributed by atoms with E-state index in [0.29, 0.717) is 35.5 Å². The summed E-state index contributed by atoms with van der Waals surface area (Å²) in [5, 5.41) is 0.448. The van der Waals surface area contributed by atoms with Crippen LogP contribution in [0.15, 0.2) is 48.5 Å². The first-order valence-corrected chi connectivity index (χ1v) is 10.6. The van der Waals surface area contributed by atoms with Gasteiger partial charge in [0.25, 0.3) is 5.91 Å². The average molecular weight is 386 g/mol. The fourth-order valence-corrected chi connectivity index (χ4v) is 4.51. The summed E-state index contributed by atoms with van der Waals surface area (Å²) in [6.45, 7) is 6.51. The van der Waals surface area contributed by atoms with Crippen LogP contribution >= 0.6 is 11.8 Å². The normalized spacial score (nSPS) is 17.3. The number of hydrogen-bond donors (Lipinski definition) is 0. The van der Waals surface area contributed by atoms with Crippen LogP contribution in [0.2, 0.25) is 0 Å². The molecule has 1 fully saturated rings. The maximum absolute atomic E-state index is 13.0. The van der Waals surface area contributed by atoms with Crippen LogP contribution in [0.25, 0.3) is 0 Å². The van der Waals surface area contributed by atoms with Crippen LogP contribution in [-0.2, 0) is 0 Å². The number of amides is 1. The molecule has 0 bridgehead atoms. The van der Waals surface area contributed by atoms with E-state index in [-0.39, 0.29) is 5.91 Å². The summed E-state index contributed by atoms with van der Waals surface area (Å²) in [6.07, 6.45) is 0.968. The third kappa shape index (κ3) is 4.98. The van der Waals surface area contributed by atoms with Gasteiger partial charge in [-0.2, -0.15) is 11.8 Å². The van der Waals surface area contributed by atoms with Gasteiger partial charge in [-0.1, -0.05) is 30.3 Å². The third-order valence-corrected chi connectivity index (χ3v) is 5.92. The second-order valence-corrected chi connectivity index (χ2v) is 7.69. The third-order valence-electron chi connectivity index (χ3n) is 4.59. The van der Waals surface area contributed by atoms with E-state index in [1.54, 1.807) is 0 Å². The van der Waals surface area contributed by atoms with Gasteiger partial charge in [-0.15, -0.1) is 0 Å². The molecule has 3 rings (SSSR count). The fourth-order valence-electron chi connectivity index (χ4n) is 3.27. The number of hydrogen-bond acceptors (Lipinski definition) is 4. The van der Waals surface area contributed by atoms with E-state index < -0.39 is 0 Å². The zero-order valence-electron chi connectivity index (χ0n) is 16.0. The molecule has 1 aliphatic heterocycles. The highest BCUT2D eigenvalue weighted by molar-refractivity contribution is 7.99. The van der Waals surface area contributed by atoms with Crippen molar-refractivity contribution in [1.82, 2.24) is 4.90 Å². The number of nitrogens with zero attached hydrogens (tertiary/aromatic N) is 1. The summed E-state index contributed by atoms with van der Waals surface area (Å²) in [6, 6.07) is 16.0. The summed E-state index contributed by atoms with van der Waals surface area (Å²) < 4.78 is 11.3. The predicted molar refractivity (Wildman–Crippen MR) is 111 cm³/mol. The highest BCUT2D eigenvalue weighted by Gasteiger charge is 2.23. The second kappa shape index (κ2) is 9.70. The monoisotopic (exact) mass is 385 g/mol. The summed E-state index contributed by atoms with van der Waals surface area (Å²) in [4.78, 5) is 15.0. The van der Waals surface area contributed by atoms with Crippen molar-refractivity contribution >= 4 is 17.7 Å². The van der Waals surface area contributed by atoms with Crippen LogP contribution in [0.1, 0.15) is 41.4 Å². The first-order chi connectivity index (χ1) is 13.2. The number of ether oxygens (including phenoxy) is 2. The van der Waals surface area contributed by atoms with Crippen LogP contribution < -0.4 is 9.47 Å². The van der Waals surface area contributed by atoms with E-state index in [4.69, 9.17) is 9.47 Å². The summed E-state index contributed by atoms with van der Waals surface area (Å²) in [5.74, 6) is 2.33. The van der Waals surface area contributed by atoms with Crippen molar-refractivity contribution in [3.05, 3.63) is 59.7 Å². The molecule has 0 spiro atoms. The van der Waals surface area contributed by atoms with Crippen LogP contribution in [0.3, 0.4) is 0 Å². The van der Waals surface area contributed by atoms with Gasteiger partial charge in [0, 0.05) is 29.7 Å². The Labute approximate surface area is 165 Å². The summed E-state index contributed by atoms with van der Waals surface area (Å²) in [7, 11) is 0. The molecule has 0 N–H and O–H groups in total. The van der Waals surface area contributed by atoms with E-state index in [1.807, 2.05) is 54.8 Å². The van der Waals surface area contributed by atoms with Crippen molar-refractivity contribution < 1.29 is 14.3 Å². The summed E-state index contributed by atoms with van der Waals surface area (Å²) >= 11 is 1.94. The molecule has 1 heterocycles. The largest absolute Gasteiger partial charge is 0.490 e. The van der Waals surface area contributed by atoms with Crippen molar-refractivity contribution in [2.45, 2.75) is 25.5 Å². The quantitative estimate of drug-likeness (QED) is 0.716. The van der Waals surface area contributed by atoms with Crippen molar-refractivity contribution in [2.75, 3.05) is 32.1 Å². The minimum Gasteiger partial charge on any atom is -0.490 e. The Balaban J connectivity index is 1.71. The fraction of sp³-hybridized carbons (Fsp3) is 0.409. The van der Waals surface area contributed by atoms with Gasteiger partial charge < -0.3 is 14.4 Å². The minimum atomic E-state index is 0.0633. The molecule has 2 aromatic rings. The minimum absolute atomic E-state index is 0.0633. The molecule has 1 amide bonds. The zero-order valence-corrected chi connectivity index (χ0v) is 16.8. The van der Waals surface area contributed by atoms with Gasteiger partial charge in [0.15, 0.2) is 11.5 Å². The van der Waals surface area contributed by atoms with Gasteiger partial charge in [-0.05, 0) is 44.0 Å². The van der Waals surface area contributed by atoms with Gasteiger partial charge in [0.1, 0.15) is 0 Å². The van der Waals surface area contributed by atoms with E-state index in [0.717, 1.165) is 25.3 Å². The lowest BCUT2D eigenvalue weighted by Crippen LogP contribution is -2.33. The Hall–Kier alpha value is -2.14. The Morgan fingerprint density at radius 2 is 1.78 bits per heavy atom. The van der Waals surface area contributed by atoms with Crippen LogP contribution in [0.5, 0.6) is 11.5 Å². The maximum Gasteiger partial charge on any atom is 0.254 e. The molecule has 0 aliphatic carbocycles. The van der Waals surface area contributed by atoms with Crippen LogP contribution in [0, 0.1) is 0 Å². The van der Waals surface area contributed by atoms with E-state index in [2.05, 4.69) is 24.3 Å². The van der Waals surface area contributed by atoms with Gasteiger partial charge in [-0.25, -0.2) is 0 Å². The molecule has 1 aliphatic rings. The standard InChI is InChI=1S/C22H27NO3S/c1-3-25-19-11-10-18(16-20(19)26-4-2)22(24)23-13-12-21(27-15-14-23)17-8-6-5-7-9-17/h5-11,16,21H,3-4,12-15H2,1-2H3. The lowest BCUT2D eigenvalue weighted by atomic mass is 10.1. The molecule has 0 aromatic heterocycles. The van der Waals surface area contributed by atoms with Crippen LogP contribution in [0.4, 0.5) is 0 Å². The lowest BCUT2D eigenvalue weighted by molar-refractivity contribution is 0.0766.